The lowest BCUT2D eigenvalue weighted by Gasteiger charge is -2.38. The van der Waals surface area contributed by atoms with Gasteiger partial charge in [-0.15, -0.1) is 0 Å². The molecule has 0 radical (unpaired) electrons. The number of amides is 4. The van der Waals surface area contributed by atoms with Gasteiger partial charge in [-0.2, -0.15) is 27.2 Å². The molecule has 3 fully saturated rings. The SMILES string of the molecule is CC(C)(C)C(NC(=O)C(F)(F)C(F)(F)F)C(=O)N1CC2C3C=CC(C3)C2C1C(=O)N1CC2(CC1C#N)C(=O)Nc1ccccc12. The van der Waals surface area contributed by atoms with Crippen LogP contribution in [-0.4, -0.2) is 76.7 Å². The van der Waals surface area contributed by atoms with Gasteiger partial charge in [-0.05, 0) is 47.1 Å². The summed E-state index contributed by atoms with van der Waals surface area (Å²) < 4.78 is 67.0. The summed E-state index contributed by atoms with van der Waals surface area (Å²) in [4.78, 5) is 56.8. The van der Waals surface area contributed by atoms with Crippen LogP contribution in [0.5, 0.6) is 0 Å². The van der Waals surface area contributed by atoms with Crippen LogP contribution in [0.1, 0.15) is 39.2 Å². The van der Waals surface area contributed by atoms with Crippen molar-refractivity contribution in [3.63, 3.8) is 0 Å². The number of nitriles is 1. The summed E-state index contributed by atoms with van der Waals surface area (Å²) in [5.41, 5.74) is -1.30. The minimum atomic E-state index is -6.18. The minimum Gasteiger partial charge on any atom is -0.338 e. The molecule has 3 aliphatic heterocycles. The van der Waals surface area contributed by atoms with Crippen LogP contribution in [-0.2, 0) is 24.6 Å². The molecule has 1 saturated carbocycles. The maximum absolute atomic E-state index is 14.6. The predicted molar refractivity (Wildman–Crippen MR) is 148 cm³/mol. The van der Waals surface area contributed by atoms with Crippen LogP contribution in [0.25, 0.3) is 0 Å². The number of halogens is 5. The van der Waals surface area contributed by atoms with E-state index in [1.165, 1.54) is 30.6 Å². The van der Waals surface area contributed by atoms with E-state index in [0.29, 0.717) is 11.3 Å². The Kier molecular flexibility index (Phi) is 6.88. The third kappa shape index (κ3) is 4.52. The number of carbonyl (C=O) groups excluding carboxylic acids is 4. The number of anilines is 1. The zero-order chi connectivity index (χ0) is 32.9. The average molecular weight is 634 g/mol. The van der Waals surface area contributed by atoms with E-state index < -0.39 is 64.7 Å². The van der Waals surface area contributed by atoms with Crippen molar-refractivity contribution >= 4 is 29.3 Å². The Bertz CT molecular complexity index is 1550. The summed E-state index contributed by atoms with van der Waals surface area (Å²) in [6.45, 7) is 4.11. The number of carbonyl (C=O) groups is 4. The van der Waals surface area contributed by atoms with Crippen LogP contribution in [0.15, 0.2) is 36.4 Å². The smallest absolute Gasteiger partial charge is 0.338 e. The number of hydrogen-bond donors (Lipinski definition) is 2. The van der Waals surface area contributed by atoms with Gasteiger partial charge in [0, 0.05) is 25.2 Å². The van der Waals surface area contributed by atoms with Gasteiger partial charge in [0.25, 0.3) is 0 Å². The van der Waals surface area contributed by atoms with Gasteiger partial charge in [0.2, 0.25) is 17.7 Å². The maximum atomic E-state index is 14.6. The van der Waals surface area contributed by atoms with E-state index in [1.807, 2.05) is 12.2 Å². The number of alkyl halides is 5. The molecule has 45 heavy (non-hydrogen) atoms. The fraction of sp³-hybridized carbons (Fsp3) is 0.581. The van der Waals surface area contributed by atoms with Crippen molar-refractivity contribution < 1.29 is 41.1 Å². The van der Waals surface area contributed by atoms with Crippen molar-refractivity contribution in [3.8, 4) is 6.07 Å². The molecule has 3 heterocycles. The lowest BCUT2D eigenvalue weighted by molar-refractivity contribution is -0.270. The zero-order valence-electron chi connectivity index (χ0n) is 24.7. The van der Waals surface area contributed by atoms with Gasteiger partial charge in [-0.25, -0.2) is 0 Å². The first-order valence-corrected chi connectivity index (χ1v) is 14.8. The Morgan fingerprint density at radius 1 is 1.07 bits per heavy atom. The van der Waals surface area contributed by atoms with Crippen molar-refractivity contribution in [2.45, 2.75) is 69.3 Å². The lowest BCUT2D eigenvalue weighted by Crippen LogP contribution is -2.62. The summed E-state index contributed by atoms with van der Waals surface area (Å²) >= 11 is 0. The van der Waals surface area contributed by atoms with Crippen molar-refractivity contribution in [3.05, 3.63) is 42.0 Å². The molecule has 1 aromatic rings. The molecule has 0 aromatic heterocycles. The van der Waals surface area contributed by atoms with E-state index in [2.05, 4.69) is 11.4 Å². The number of para-hydroxylation sites is 1. The van der Waals surface area contributed by atoms with E-state index in [0.717, 1.165) is 6.42 Å². The third-order valence-electron chi connectivity index (χ3n) is 10.3. The van der Waals surface area contributed by atoms with Gasteiger partial charge >= 0.3 is 18.0 Å². The molecule has 2 bridgehead atoms. The van der Waals surface area contributed by atoms with E-state index in [4.69, 9.17) is 0 Å². The summed E-state index contributed by atoms with van der Waals surface area (Å²) in [7, 11) is 0. The van der Waals surface area contributed by atoms with Crippen LogP contribution in [0.3, 0.4) is 0 Å². The summed E-state index contributed by atoms with van der Waals surface area (Å²) in [6, 6.07) is 5.06. The number of likely N-dealkylation sites (tertiary alicyclic amines) is 2. The number of fused-ring (bicyclic) bond motifs is 7. The lowest BCUT2D eigenvalue weighted by atomic mass is 9.79. The number of rotatable bonds is 4. The van der Waals surface area contributed by atoms with Crippen LogP contribution in [0.2, 0.25) is 0 Å². The molecule has 2 N–H and O–H groups in total. The molecule has 1 aromatic carbocycles. The van der Waals surface area contributed by atoms with E-state index in [1.54, 1.807) is 29.6 Å². The molecular weight excluding hydrogens is 601 g/mol. The third-order valence-corrected chi connectivity index (χ3v) is 10.3. The number of benzene rings is 1. The number of hydrogen-bond acceptors (Lipinski definition) is 5. The molecule has 2 saturated heterocycles. The fourth-order valence-corrected chi connectivity index (χ4v) is 8.08. The van der Waals surface area contributed by atoms with Gasteiger partial charge in [-0.3, -0.25) is 19.2 Å². The summed E-state index contributed by atoms with van der Waals surface area (Å²) in [6.07, 6.45) is -1.47. The quantitative estimate of drug-likeness (QED) is 0.389. The Balaban J connectivity index is 1.35. The van der Waals surface area contributed by atoms with Crippen LogP contribution >= 0.6 is 0 Å². The second kappa shape index (κ2) is 9.99. The van der Waals surface area contributed by atoms with Gasteiger partial charge in [0.1, 0.15) is 18.1 Å². The molecule has 8 unspecified atom stereocenters. The van der Waals surface area contributed by atoms with Crippen LogP contribution < -0.4 is 10.6 Å². The Hall–Kier alpha value is -4.02. The monoisotopic (exact) mass is 633 g/mol. The first-order valence-electron chi connectivity index (χ1n) is 14.8. The van der Waals surface area contributed by atoms with Crippen LogP contribution in [0.4, 0.5) is 27.6 Å². The Morgan fingerprint density at radius 2 is 1.73 bits per heavy atom. The number of nitrogens with zero attached hydrogens (tertiary/aromatic N) is 3. The molecule has 4 amide bonds. The van der Waals surface area contributed by atoms with Crippen molar-refractivity contribution in [1.82, 2.24) is 15.1 Å². The predicted octanol–water partition coefficient (Wildman–Crippen LogP) is 3.38. The summed E-state index contributed by atoms with van der Waals surface area (Å²) in [5, 5.41) is 14.6. The average Bonchev–Trinajstić information content (AvgIpc) is 3.77. The number of allylic oxidation sites excluding steroid dienone is 2. The van der Waals surface area contributed by atoms with Crippen molar-refractivity contribution in [2.75, 3.05) is 18.4 Å². The first kappa shape index (κ1) is 31.0. The molecule has 1 spiro atoms. The maximum Gasteiger partial charge on any atom is 0.463 e. The molecule has 14 heteroatoms. The normalized spacial score (nSPS) is 32.4. The molecule has 6 rings (SSSR count). The molecule has 9 nitrogen and oxygen atoms in total. The topological polar surface area (TPSA) is 123 Å². The Labute approximate surface area is 255 Å². The minimum absolute atomic E-state index is 0.0169. The molecule has 8 atom stereocenters. The molecule has 2 aliphatic carbocycles. The molecule has 5 aliphatic rings. The van der Waals surface area contributed by atoms with E-state index in [-0.39, 0.29) is 43.2 Å². The highest BCUT2D eigenvalue weighted by atomic mass is 19.4. The second-order valence-electron chi connectivity index (χ2n) is 13.9. The molecule has 240 valence electrons. The highest BCUT2D eigenvalue weighted by Gasteiger charge is 2.65. The Morgan fingerprint density at radius 3 is 2.38 bits per heavy atom. The second-order valence-corrected chi connectivity index (χ2v) is 13.9. The van der Waals surface area contributed by atoms with Gasteiger partial charge in [-0.1, -0.05) is 51.1 Å². The van der Waals surface area contributed by atoms with Crippen LogP contribution in [0, 0.1) is 40.4 Å². The highest BCUT2D eigenvalue weighted by Crippen LogP contribution is 2.55. The van der Waals surface area contributed by atoms with Gasteiger partial charge in [0.05, 0.1) is 11.5 Å². The molecular formula is C31H32F5N5O4. The van der Waals surface area contributed by atoms with Gasteiger partial charge < -0.3 is 20.4 Å². The van der Waals surface area contributed by atoms with Gasteiger partial charge in [0.15, 0.2) is 0 Å². The van der Waals surface area contributed by atoms with Crippen molar-refractivity contribution in [2.24, 2.45) is 29.1 Å². The van der Waals surface area contributed by atoms with E-state index in [9.17, 15) is 46.4 Å². The standard InChI is InChI=1S/C31H32F5N5O4/c1-28(2,3)23(39-27(45)30(32,33)31(34,35)36)25(43)40-13-18-15-8-9-16(10-15)21(18)22(40)24(42)41-14-29(11-17(41)12-37)19-6-4-5-7-20(19)38-26(29)44/h4-9,15-18,21-23H,10-11,13-14H2,1-3H3,(H,38,44)(H,39,45). The summed E-state index contributed by atoms with van der Waals surface area (Å²) in [5.74, 6) is -11.0. The van der Waals surface area contributed by atoms with E-state index >= 15 is 0 Å². The zero-order valence-corrected chi connectivity index (χ0v) is 24.7. The fourth-order valence-electron chi connectivity index (χ4n) is 8.08. The largest absolute Gasteiger partial charge is 0.463 e. The highest BCUT2D eigenvalue weighted by molar-refractivity contribution is 6.07. The number of nitrogens with one attached hydrogen (secondary N) is 2. The first-order chi connectivity index (χ1) is 20.9. The van der Waals surface area contributed by atoms with Crippen molar-refractivity contribution in [1.29, 1.82) is 5.26 Å².